The van der Waals surface area contributed by atoms with E-state index < -0.39 is 60.2 Å². The molecule has 0 saturated carbocycles. The number of hydrogen-bond donors (Lipinski definition) is 6. The van der Waals surface area contributed by atoms with Crippen LogP contribution >= 0.6 is 11.8 Å². The van der Waals surface area contributed by atoms with Crippen molar-refractivity contribution < 1.29 is 34.8 Å². The van der Waals surface area contributed by atoms with Gasteiger partial charge in [-0.05, 0) is 35.6 Å². The maximum Gasteiger partial charge on any atom is 0.279 e. The Labute approximate surface area is 247 Å². The third kappa shape index (κ3) is 9.35. The van der Waals surface area contributed by atoms with Crippen molar-refractivity contribution in [2.24, 2.45) is 5.73 Å². The van der Waals surface area contributed by atoms with Crippen LogP contribution in [-0.4, -0.2) is 70.8 Å². The normalized spacial score (nSPS) is 13.9. The van der Waals surface area contributed by atoms with E-state index in [1.165, 1.54) is 11.8 Å². The fourth-order valence-electron chi connectivity index (χ4n) is 4.45. The number of carbonyl (C=O) groups is 5. The van der Waals surface area contributed by atoms with Crippen molar-refractivity contribution >= 4 is 52.3 Å². The van der Waals surface area contributed by atoms with Gasteiger partial charge in [0.1, 0.15) is 18.1 Å². The summed E-state index contributed by atoms with van der Waals surface area (Å²) in [5.74, 6) is -4.06. The third-order valence-electron chi connectivity index (χ3n) is 6.70. The van der Waals surface area contributed by atoms with Crippen LogP contribution in [0.1, 0.15) is 24.0 Å². The molecule has 224 valence electrons. The van der Waals surface area contributed by atoms with Gasteiger partial charge in [-0.1, -0.05) is 48.5 Å². The van der Waals surface area contributed by atoms with E-state index in [0.717, 1.165) is 22.0 Å². The van der Waals surface area contributed by atoms with Crippen molar-refractivity contribution in [1.29, 1.82) is 0 Å². The van der Waals surface area contributed by atoms with Crippen LogP contribution in [-0.2, 0) is 36.8 Å². The largest absolute Gasteiger partial charge is 0.550 e. The minimum Gasteiger partial charge on any atom is -0.550 e. The lowest BCUT2D eigenvalue weighted by Gasteiger charge is -2.25. The Morgan fingerprint density at radius 3 is 2.17 bits per heavy atom. The molecular formula is C29H36N6O6S. The summed E-state index contributed by atoms with van der Waals surface area (Å²) >= 11 is 1.45. The first-order chi connectivity index (χ1) is 20.1. The molecule has 0 saturated heterocycles. The summed E-state index contributed by atoms with van der Waals surface area (Å²) in [4.78, 5) is 66.0. The highest BCUT2D eigenvalue weighted by atomic mass is 32.2. The van der Waals surface area contributed by atoms with E-state index in [1.807, 2.05) is 36.7 Å². The zero-order valence-corrected chi connectivity index (χ0v) is 24.1. The maximum atomic E-state index is 13.3. The third-order valence-corrected chi connectivity index (χ3v) is 7.35. The summed E-state index contributed by atoms with van der Waals surface area (Å²) < 4.78 is 0. The Hall–Kier alpha value is -4.36. The number of fused-ring (bicyclic) bond motifs is 1. The highest BCUT2D eigenvalue weighted by Crippen LogP contribution is 2.18. The Balaban J connectivity index is 1.69. The number of aromatic amines is 1. The zero-order valence-electron chi connectivity index (χ0n) is 23.3. The second-order valence-electron chi connectivity index (χ2n) is 9.89. The number of nitrogens with two attached hydrogens (primary N) is 1. The molecule has 3 aromatic rings. The van der Waals surface area contributed by atoms with Gasteiger partial charge in [0.2, 0.25) is 17.7 Å². The molecule has 0 unspecified atom stereocenters. The molecule has 12 nitrogen and oxygen atoms in total. The fourth-order valence-corrected chi connectivity index (χ4v) is 4.92. The Morgan fingerprint density at radius 1 is 0.881 bits per heavy atom. The minimum absolute atomic E-state index is 0.0711. The first-order valence-corrected chi connectivity index (χ1v) is 14.8. The number of thioether (sulfide) groups is 1. The molecule has 4 atom stereocenters. The van der Waals surface area contributed by atoms with Crippen molar-refractivity contribution in [1.82, 2.24) is 20.9 Å². The zero-order chi connectivity index (χ0) is 30.6. The van der Waals surface area contributed by atoms with Gasteiger partial charge in [0.15, 0.2) is 6.04 Å². The van der Waals surface area contributed by atoms with Crippen LogP contribution in [0.15, 0.2) is 60.8 Å². The van der Waals surface area contributed by atoms with Gasteiger partial charge in [0.25, 0.3) is 5.91 Å². The molecule has 0 bridgehead atoms. The van der Waals surface area contributed by atoms with Crippen molar-refractivity contribution in [3.63, 3.8) is 0 Å². The Kier molecular flexibility index (Phi) is 11.9. The second kappa shape index (κ2) is 15.6. The van der Waals surface area contributed by atoms with E-state index in [4.69, 9.17) is 5.73 Å². The van der Waals surface area contributed by atoms with E-state index in [9.17, 15) is 29.1 Å². The summed E-state index contributed by atoms with van der Waals surface area (Å²) in [7, 11) is 0. The van der Waals surface area contributed by atoms with Gasteiger partial charge in [-0.2, -0.15) is 11.8 Å². The smallest absolute Gasteiger partial charge is 0.279 e. The molecule has 0 aliphatic rings. The lowest BCUT2D eigenvalue weighted by Crippen LogP contribution is -2.70. The average Bonchev–Trinajstić information content (AvgIpc) is 3.37. The summed E-state index contributed by atoms with van der Waals surface area (Å²) in [6, 6.07) is 11.9. The molecule has 9 N–H and O–H groups in total. The number of carboxylic acid groups (broad SMARTS) is 1. The van der Waals surface area contributed by atoms with Crippen LogP contribution in [0.5, 0.6) is 0 Å². The Morgan fingerprint density at radius 2 is 1.50 bits per heavy atom. The van der Waals surface area contributed by atoms with Gasteiger partial charge >= 0.3 is 0 Å². The summed E-state index contributed by atoms with van der Waals surface area (Å²) in [6.07, 6.45) is 3.40. The number of nitrogens with one attached hydrogen (secondary N) is 4. The molecule has 42 heavy (non-hydrogen) atoms. The number of amides is 4. The topological polar surface area (TPSA) is 214 Å². The van der Waals surface area contributed by atoms with Gasteiger partial charge in [0, 0.05) is 42.3 Å². The SMILES string of the molecule is CSCC[C@@H](NC(=O)[C@H]([NH3+])Cc1c[nH]c2ccccc12)C(=O)N[C@@H](CC(=O)[O-])C(=O)N[C@@H](Cc1ccccc1)C(N)=O. The van der Waals surface area contributed by atoms with Crippen LogP contribution in [0.25, 0.3) is 10.9 Å². The van der Waals surface area contributed by atoms with E-state index in [2.05, 4.69) is 26.7 Å². The number of rotatable bonds is 16. The number of H-pyrrole nitrogens is 1. The number of carbonyl (C=O) groups excluding carboxylic acids is 5. The van der Waals surface area contributed by atoms with Crippen molar-refractivity contribution in [2.45, 2.75) is 49.9 Å². The van der Waals surface area contributed by atoms with Crippen LogP contribution in [0, 0.1) is 0 Å². The van der Waals surface area contributed by atoms with E-state index >= 15 is 0 Å². The van der Waals surface area contributed by atoms with E-state index in [0.29, 0.717) is 12.2 Å². The van der Waals surface area contributed by atoms with Crippen molar-refractivity contribution in [3.8, 4) is 0 Å². The molecule has 3 rings (SSSR count). The highest BCUT2D eigenvalue weighted by molar-refractivity contribution is 7.98. The number of hydrogen-bond acceptors (Lipinski definition) is 7. The first kappa shape index (κ1) is 32.2. The molecule has 0 spiro atoms. The monoisotopic (exact) mass is 596 g/mol. The van der Waals surface area contributed by atoms with Crippen LogP contribution in [0.4, 0.5) is 0 Å². The molecule has 0 radical (unpaired) electrons. The molecule has 13 heteroatoms. The van der Waals surface area contributed by atoms with Gasteiger partial charge < -0.3 is 42.3 Å². The second-order valence-corrected chi connectivity index (χ2v) is 10.9. The van der Waals surface area contributed by atoms with Crippen LogP contribution in [0.3, 0.4) is 0 Å². The number of quaternary nitrogens is 1. The lowest BCUT2D eigenvalue weighted by molar-refractivity contribution is -0.403. The molecular weight excluding hydrogens is 560 g/mol. The van der Waals surface area contributed by atoms with Crippen LogP contribution in [0.2, 0.25) is 0 Å². The quantitative estimate of drug-likeness (QED) is 0.114. The predicted molar refractivity (Wildman–Crippen MR) is 156 cm³/mol. The standard InChI is InChI=1S/C29H36N6O6S/c1-42-12-11-22(33-27(39)20(30)14-18-16-32-21-10-6-5-9-19(18)21)28(40)35-24(15-25(36)37)29(41)34-23(26(31)38)13-17-7-3-2-4-8-17/h2-10,16,20,22-24,32H,11-15,30H2,1H3,(H2,31,38)(H,33,39)(H,34,41)(H,35,40)(H,36,37)/t20-,22-,23+,24+/m1/s1. The molecule has 0 aliphatic heterocycles. The number of aliphatic carboxylic acids is 1. The van der Waals surface area contributed by atoms with Crippen LogP contribution < -0.4 is 32.5 Å². The Bertz CT molecular complexity index is 1400. The van der Waals surface area contributed by atoms with E-state index in [-0.39, 0.29) is 12.8 Å². The van der Waals surface area contributed by atoms with Gasteiger partial charge in [-0.25, -0.2) is 0 Å². The maximum absolute atomic E-state index is 13.3. The van der Waals surface area contributed by atoms with Gasteiger partial charge in [-0.3, -0.25) is 19.2 Å². The predicted octanol–water partition coefficient (Wildman–Crippen LogP) is -1.60. The number of primary amides is 1. The molecule has 4 amide bonds. The molecule has 1 aromatic heterocycles. The highest BCUT2D eigenvalue weighted by Gasteiger charge is 2.31. The molecule has 2 aromatic carbocycles. The number of carboxylic acids is 1. The molecule has 1 heterocycles. The summed E-state index contributed by atoms with van der Waals surface area (Å²) in [5.41, 5.74) is 12.0. The van der Waals surface area contributed by atoms with Gasteiger partial charge in [-0.15, -0.1) is 0 Å². The van der Waals surface area contributed by atoms with Crippen molar-refractivity contribution in [2.75, 3.05) is 12.0 Å². The summed E-state index contributed by atoms with van der Waals surface area (Å²) in [5, 5.41) is 19.9. The molecule has 0 fully saturated rings. The average molecular weight is 597 g/mol. The minimum atomic E-state index is -1.59. The van der Waals surface area contributed by atoms with E-state index in [1.54, 1.807) is 30.3 Å². The van der Waals surface area contributed by atoms with Crippen molar-refractivity contribution in [3.05, 3.63) is 71.9 Å². The first-order valence-electron chi connectivity index (χ1n) is 13.4. The van der Waals surface area contributed by atoms with Gasteiger partial charge in [0.05, 0.1) is 0 Å². The lowest BCUT2D eigenvalue weighted by atomic mass is 10.0. The number of para-hydroxylation sites is 1. The molecule has 0 aliphatic carbocycles. The number of aromatic nitrogens is 1. The number of benzene rings is 2. The fraction of sp³-hybridized carbons (Fsp3) is 0.345. The summed E-state index contributed by atoms with van der Waals surface area (Å²) in [6.45, 7) is 0.